The Morgan fingerprint density at radius 2 is 1.90 bits per heavy atom. The summed E-state index contributed by atoms with van der Waals surface area (Å²) in [6.07, 6.45) is 1.90. The monoisotopic (exact) mass is 545 g/mol. The van der Waals surface area contributed by atoms with Crippen molar-refractivity contribution < 1.29 is 33.4 Å². The molecular weight excluding hydrogens is 518 g/mol. The van der Waals surface area contributed by atoms with Gasteiger partial charge in [0.2, 0.25) is 5.88 Å². The molecule has 11 nitrogen and oxygen atoms in total. The van der Waals surface area contributed by atoms with E-state index in [1.807, 2.05) is 6.07 Å². The molecule has 0 spiro atoms. The van der Waals surface area contributed by atoms with E-state index < -0.39 is 23.4 Å². The molecule has 0 aliphatic carbocycles. The molecule has 4 rings (SSSR count). The summed E-state index contributed by atoms with van der Waals surface area (Å²) in [6, 6.07) is 18.0. The highest BCUT2D eigenvalue weighted by molar-refractivity contribution is 5.74. The molecule has 0 fully saturated rings. The number of nitrogens with zero attached hydrogens (tertiary/aromatic N) is 2. The van der Waals surface area contributed by atoms with Gasteiger partial charge in [0.05, 0.1) is 24.6 Å². The Hall–Kier alpha value is -5.24. The number of fused-ring (bicyclic) bond motifs is 1. The third-order valence-electron chi connectivity index (χ3n) is 6.11. The number of ether oxygens (including phenoxy) is 5. The van der Waals surface area contributed by atoms with E-state index in [2.05, 4.69) is 13.0 Å². The van der Waals surface area contributed by atoms with E-state index in [0.717, 1.165) is 18.4 Å². The van der Waals surface area contributed by atoms with Gasteiger partial charge in [-0.2, -0.15) is 5.26 Å². The molecular formula is C29H27N3O8. The minimum absolute atomic E-state index is 0.0554. The first-order valence-electron chi connectivity index (χ1n) is 12.4. The van der Waals surface area contributed by atoms with Crippen LogP contribution in [0.4, 0.5) is 5.69 Å². The van der Waals surface area contributed by atoms with Gasteiger partial charge in [0, 0.05) is 17.7 Å². The highest BCUT2D eigenvalue weighted by atomic mass is 16.6. The van der Waals surface area contributed by atoms with E-state index in [1.165, 1.54) is 24.3 Å². The lowest BCUT2D eigenvalue weighted by Crippen LogP contribution is -2.22. The first kappa shape index (κ1) is 27.8. The van der Waals surface area contributed by atoms with E-state index in [1.54, 1.807) is 37.4 Å². The molecule has 1 aliphatic rings. The Morgan fingerprint density at radius 3 is 2.62 bits per heavy atom. The van der Waals surface area contributed by atoms with Gasteiger partial charge in [-0.25, -0.2) is 4.79 Å². The number of allylic oxidation sites excluding steroid dienone is 1. The summed E-state index contributed by atoms with van der Waals surface area (Å²) in [4.78, 5) is 23.0. The standard InChI is InChI=1S/C29H27N3O8/c1-3-4-13-37-24-12-9-18(14-26(24)36-2)28-20-11-10-19(15-25(20)40-29(31)21(28)16-30)39-27(33)17-38-23-8-6-5-7-22(23)32(34)35/h5-12,14-15,28H,3-4,13,17,31H2,1-2H3. The Bertz CT molecular complexity index is 1490. The molecule has 40 heavy (non-hydrogen) atoms. The second-order valence-corrected chi connectivity index (χ2v) is 8.72. The van der Waals surface area contributed by atoms with Crippen LogP contribution in [0.15, 0.2) is 72.1 Å². The fourth-order valence-corrected chi connectivity index (χ4v) is 4.18. The second kappa shape index (κ2) is 12.5. The molecule has 3 aromatic carbocycles. The zero-order valence-corrected chi connectivity index (χ0v) is 21.9. The summed E-state index contributed by atoms with van der Waals surface area (Å²) in [5.41, 5.74) is 7.42. The van der Waals surface area contributed by atoms with Crippen LogP contribution in [0.25, 0.3) is 0 Å². The summed E-state index contributed by atoms with van der Waals surface area (Å²) >= 11 is 0. The minimum atomic E-state index is -0.782. The summed E-state index contributed by atoms with van der Waals surface area (Å²) in [6.45, 7) is 2.07. The number of hydrogen-bond acceptors (Lipinski definition) is 10. The third kappa shape index (κ3) is 6.07. The minimum Gasteiger partial charge on any atom is -0.493 e. The number of esters is 1. The van der Waals surface area contributed by atoms with Crippen molar-refractivity contribution in [3.8, 4) is 34.8 Å². The van der Waals surface area contributed by atoms with Crippen molar-refractivity contribution in [2.24, 2.45) is 5.73 Å². The molecule has 1 aliphatic heterocycles. The molecule has 11 heteroatoms. The van der Waals surface area contributed by atoms with Gasteiger partial charge in [-0.15, -0.1) is 0 Å². The molecule has 0 saturated heterocycles. The highest BCUT2D eigenvalue weighted by Crippen LogP contribution is 2.45. The number of unbranched alkanes of at least 4 members (excludes halogenated alkanes) is 1. The predicted octanol–water partition coefficient (Wildman–Crippen LogP) is 4.98. The summed E-state index contributed by atoms with van der Waals surface area (Å²) in [7, 11) is 1.54. The number of nitro groups is 1. The molecule has 0 saturated carbocycles. The fraction of sp³-hybridized carbons (Fsp3) is 0.241. The predicted molar refractivity (Wildman–Crippen MR) is 143 cm³/mol. The van der Waals surface area contributed by atoms with Crippen molar-refractivity contribution in [3.05, 3.63) is 93.4 Å². The Balaban J connectivity index is 1.55. The molecule has 2 N–H and O–H groups in total. The molecule has 0 amide bonds. The van der Waals surface area contributed by atoms with Crippen molar-refractivity contribution in [1.29, 1.82) is 5.26 Å². The maximum atomic E-state index is 12.4. The van der Waals surface area contributed by atoms with Gasteiger partial charge in [0.15, 0.2) is 23.9 Å². The van der Waals surface area contributed by atoms with Crippen LogP contribution in [0.2, 0.25) is 0 Å². The lowest BCUT2D eigenvalue weighted by Gasteiger charge is -2.27. The Morgan fingerprint density at radius 1 is 1.10 bits per heavy atom. The van der Waals surface area contributed by atoms with Crippen LogP contribution >= 0.6 is 0 Å². The van der Waals surface area contributed by atoms with E-state index in [-0.39, 0.29) is 28.6 Å². The molecule has 1 heterocycles. The maximum absolute atomic E-state index is 12.4. The van der Waals surface area contributed by atoms with Crippen molar-refractivity contribution in [1.82, 2.24) is 0 Å². The van der Waals surface area contributed by atoms with E-state index in [4.69, 9.17) is 29.4 Å². The SMILES string of the molecule is CCCCOc1ccc(C2C(C#N)=C(N)Oc3cc(OC(=O)COc4ccccc4[N+](=O)[O-])ccc32)cc1OC. The maximum Gasteiger partial charge on any atom is 0.349 e. The van der Waals surface area contributed by atoms with Crippen LogP contribution in [-0.2, 0) is 4.79 Å². The zero-order valence-electron chi connectivity index (χ0n) is 21.9. The number of benzene rings is 3. The highest BCUT2D eigenvalue weighted by Gasteiger charge is 2.32. The zero-order chi connectivity index (χ0) is 28.6. The Labute approximate surface area is 230 Å². The van der Waals surface area contributed by atoms with Crippen molar-refractivity contribution in [2.75, 3.05) is 20.3 Å². The molecule has 1 unspecified atom stereocenters. The van der Waals surface area contributed by atoms with Gasteiger partial charge in [0.25, 0.3) is 0 Å². The first-order chi connectivity index (χ1) is 19.4. The van der Waals surface area contributed by atoms with Crippen LogP contribution in [0.5, 0.6) is 28.7 Å². The average molecular weight is 546 g/mol. The number of nitrogens with two attached hydrogens (primary N) is 1. The lowest BCUT2D eigenvalue weighted by molar-refractivity contribution is -0.385. The molecule has 0 radical (unpaired) electrons. The number of carbonyl (C=O) groups excluding carboxylic acids is 1. The Kier molecular flexibility index (Phi) is 8.71. The lowest BCUT2D eigenvalue weighted by atomic mass is 9.83. The van der Waals surface area contributed by atoms with Crippen LogP contribution in [0.3, 0.4) is 0 Å². The largest absolute Gasteiger partial charge is 0.493 e. The summed E-state index contributed by atoms with van der Waals surface area (Å²) < 4.78 is 27.7. The van der Waals surface area contributed by atoms with E-state index >= 15 is 0 Å². The first-order valence-corrected chi connectivity index (χ1v) is 12.4. The quantitative estimate of drug-likeness (QED) is 0.114. The smallest absolute Gasteiger partial charge is 0.349 e. The van der Waals surface area contributed by atoms with Gasteiger partial charge in [-0.05, 0) is 36.2 Å². The normalized spacial score (nSPS) is 13.9. The summed E-state index contributed by atoms with van der Waals surface area (Å²) in [5.74, 6) is 0.0574. The summed E-state index contributed by atoms with van der Waals surface area (Å²) in [5, 5.41) is 21.0. The van der Waals surface area contributed by atoms with Gasteiger partial charge >= 0.3 is 11.7 Å². The van der Waals surface area contributed by atoms with Gasteiger partial charge < -0.3 is 29.4 Å². The van der Waals surface area contributed by atoms with Gasteiger partial charge in [0.1, 0.15) is 23.1 Å². The fourth-order valence-electron chi connectivity index (χ4n) is 4.18. The average Bonchev–Trinajstić information content (AvgIpc) is 2.95. The van der Waals surface area contributed by atoms with Crippen LogP contribution < -0.4 is 29.4 Å². The number of methoxy groups -OCH3 is 1. The second-order valence-electron chi connectivity index (χ2n) is 8.72. The topological polar surface area (TPSA) is 156 Å². The third-order valence-corrected chi connectivity index (χ3v) is 6.11. The number of para-hydroxylation sites is 2. The molecule has 206 valence electrons. The molecule has 3 aromatic rings. The van der Waals surface area contributed by atoms with Crippen LogP contribution in [-0.4, -0.2) is 31.2 Å². The number of nitro benzene ring substituents is 1. The number of hydrogen-bond donors (Lipinski definition) is 1. The number of rotatable bonds is 11. The van der Waals surface area contributed by atoms with Crippen molar-refractivity contribution in [3.63, 3.8) is 0 Å². The van der Waals surface area contributed by atoms with Crippen LogP contribution in [0.1, 0.15) is 36.8 Å². The number of nitriles is 1. The van der Waals surface area contributed by atoms with Crippen molar-refractivity contribution >= 4 is 11.7 Å². The van der Waals surface area contributed by atoms with Gasteiger partial charge in [-0.3, -0.25) is 10.1 Å². The van der Waals surface area contributed by atoms with E-state index in [0.29, 0.717) is 29.4 Å². The van der Waals surface area contributed by atoms with E-state index in [9.17, 15) is 20.2 Å². The molecule has 0 aromatic heterocycles. The van der Waals surface area contributed by atoms with Crippen molar-refractivity contribution in [2.45, 2.75) is 25.7 Å². The van der Waals surface area contributed by atoms with Crippen LogP contribution in [0, 0.1) is 21.4 Å². The number of carbonyl (C=O) groups is 1. The molecule has 0 bridgehead atoms. The molecule has 1 atom stereocenters. The van der Waals surface area contributed by atoms with Gasteiger partial charge in [-0.1, -0.05) is 37.6 Å².